The highest BCUT2D eigenvalue weighted by Gasteiger charge is 2.28. The summed E-state index contributed by atoms with van der Waals surface area (Å²) in [6.07, 6.45) is 6.95. The Morgan fingerprint density at radius 2 is 1.39 bits per heavy atom. The van der Waals surface area contributed by atoms with Gasteiger partial charge >= 0.3 is 0 Å². The standard InChI is InChI=1S/C24H25N2O4.BrH/c1-2-4-24-25(9-3-1)19(17-5-7-20-22(14-17)29-12-10-27-20)16-26(24)18-6-8-21-23(15-18)30-13-11-28-21;/h5-8,14-16H,1-4,9-13H2;1H/q+1;/p-1. The predicted molar refractivity (Wildman–Crippen MR) is 111 cm³/mol. The van der Waals surface area contributed by atoms with Crippen LogP contribution in [0.1, 0.15) is 25.1 Å². The molecule has 3 aliphatic heterocycles. The lowest BCUT2D eigenvalue weighted by atomic mass is 10.1. The van der Waals surface area contributed by atoms with Gasteiger partial charge in [-0.25, -0.2) is 4.57 Å². The lowest BCUT2D eigenvalue weighted by Crippen LogP contribution is -3.00. The van der Waals surface area contributed by atoms with E-state index in [1.807, 2.05) is 12.1 Å². The summed E-state index contributed by atoms with van der Waals surface area (Å²) in [4.78, 5) is 0. The highest BCUT2D eigenvalue weighted by molar-refractivity contribution is 5.62. The quantitative estimate of drug-likeness (QED) is 0.502. The van der Waals surface area contributed by atoms with Crippen LogP contribution in [0.25, 0.3) is 16.9 Å². The molecule has 0 spiro atoms. The van der Waals surface area contributed by atoms with E-state index in [1.165, 1.54) is 30.8 Å². The predicted octanol–water partition coefficient (Wildman–Crippen LogP) is 0.705. The van der Waals surface area contributed by atoms with Crippen molar-refractivity contribution >= 4 is 0 Å². The summed E-state index contributed by atoms with van der Waals surface area (Å²) in [7, 11) is 0. The van der Waals surface area contributed by atoms with Crippen LogP contribution in [-0.4, -0.2) is 31.0 Å². The number of fused-ring (bicyclic) bond motifs is 3. The second-order valence-corrected chi connectivity index (χ2v) is 7.95. The molecule has 1 aromatic heterocycles. The third-order valence-corrected chi connectivity index (χ3v) is 6.06. The monoisotopic (exact) mass is 484 g/mol. The second-order valence-electron chi connectivity index (χ2n) is 7.95. The molecule has 162 valence electrons. The van der Waals surface area contributed by atoms with Crippen LogP contribution in [0, 0.1) is 0 Å². The summed E-state index contributed by atoms with van der Waals surface area (Å²) < 4.78 is 27.9. The van der Waals surface area contributed by atoms with E-state index in [0.717, 1.165) is 47.2 Å². The zero-order valence-corrected chi connectivity index (χ0v) is 18.9. The number of imidazole rings is 1. The van der Waals surface area contributed by atoms with E-state index < -0.39 is 0 Å². The fourth-order valence-electron chi connectivity index (χ4n) is 4.61. The van der Waals surface area contributed by atoms with Crippen LogP contribution >= 0.6 is 0 Å². The Morgan fingerprint density at radius 1 is 0.710 bits per heavy atom. The first-order chi connectivity index (χ1) is 14.9. The molecule has 0 saturated heterocycles. The molecule has 2 aromatic carbocycles. The Balaban J connectivity index is 0.00000204. The fourth-order valence-corrected chi connectivity index (χ4v) is 4.61. The van der Waals surface area contributed by atoms with Crippen LogP contribution in [0.15, 0.2) is 42.6 Å². The molecule has 7 heteroatoms. The molecular formula is C24H25BrN2O4. The number of benzene rings is 2. The summed E-state index contributed by atoms with van der Waals surface area (Å²) in [6, 6.07) is 12.5. The van der Waals surface area contributed by atoms with Crippen LogP contribution in [0.4, 0.5) is 0 Å². The first kappa shape index (κ1) is 20.2. The zero-order chi connectivity index (χ0) is 19.9. The average molecular weight is 485 g/mol. The van der Waals surface area contributed by atoms with Crippen molar-refractivity contribution in [2.24, 2.45) is 0 Å². The molecule has 0 amide bonds. The lowest BCUT2D eigenvalue weighted by Gasteiger charge is -2.18. The second kappa shape index (κ2) is 8.46. The summed E-state index contributed by atoms with van der Waals surface area (Å²) in [5, 5.41) is 0. The molecule has 0 aliphatic carbocycles. The molecule has 0 radical (unpaired) electrons. The summed E-state index contributed by atoms with van der Waals surface area (Å²) in [5.41, 5.74) is 3.46. The minimum atomic E-state index is 0. The number of hydrogen-bond acceptors (Lipinski definition) is 4. The topological polar surface area (TPSA) is 45.7 Å². The fraction of sp³-hybridized carbons (Fsp3) is 0.375. The van der Waals surface area contributed by atoms with Crippen molar-refractivity contribution in [1.82, 2.24) is 4.57 Å². The molecule has 3 aromatic rings. The number of aromatic nitrogens is 2. The van der Waals surface area contributed by atoms with Gasteiger partial charge in [0, 0.05) is 18.1 Å². The maximum atomic E-state index is 5.84. The van der Waals surface area contributed by atoms with Gasteiger partial charge in [-0.2, -0.15) is 4.57 Å². The Bertz CT molecular complexity index is 1030. The van der Waals surface area contributed by atoms with Crippen molar-refractivity contribution in [2.45, 2.75) is 32.2 Å². The van der Waals surface area contributed by atoms with Crippen molar-refractivity contribution in [3.8, 4) is 39.9 Å². The number of nitrogens with zero attached hydrogens (tertiary/aromatic N) is 2. The molecule has 0 unspecified atom stereocenters. The van der Waals surface area contributed by atoms with Crippen LogP contribution < -0.4 is 40.5 Å². The Hall–Kier alpha value is -2.67. The zero-order valence-electron chi connectivity index (χ0n) is 17.3. The average Bonchev–Trinajstić information content (AvgIpc) is 2.99. The molecule has 0 saturated carbocycles. The Kier molecular flexibility index (Phi) is 5.52. The highest BCUT2D eigenvalue weighted by Crippen LogP contribution is 2.36. The van der Waals surface area contributed by atoms with Gasteiger partial charge in [0.1, 0.15) is 38.3 Å². The maximum absolute atomic E-state index is 5.84. The van der Waals surface area contributed by atoms with Crippen LogP contribution in [0.5, 0.6) is 23.0 Å². The molecule has 0 bridgehead atoms. The van der Waals surface area contributed by atoms with Crippen LogP contribution in [-0.2, 0) is 13.0 Å². The minimum Gasteiger partial charge on any atom is -1.00 e. The molecule has 3 aliphatic rings. The largest absolute Gasteiger partial charge is 1.00 e. The van der Waals surface area contributed by atoms with E-state index >= 15 is 0 Å². The smallest absolute Gasteiger partial charge is 0.262 e. The highest BCUT2D eigenvalue weighted by atomic mass is 79.9. The van der Waals surface area contributed by atoms with E-state index in [0.29, 0.717) is 26.4 Å². The molecular weight excluding hydrogens is 460 g/mol. The van der Waals surface area contributed by atoms with Crippen LogP contribution in [0.3, 0.4) is 0 Å². The van der Waals surface area contributed by atoms with Gasteiger partial charge in [-0.3, -0.25) is 0 Å². The summed E-state index contributed by atoms with van der Waals surface area (Å²) >= 11 is 0. The van der Waals surface area contributed by atoms with E-state index in [-0.39, 0.29) is 17.0 Å². The van der Waals surface area contributed by atoms with Gasteiger partial charge in [-0.15, -0.1) is 0 Å². The molecule has 4 heterocycles. The van der Waals surface area contributed by atoms with E-state index in [9.17, 15) is 0 Å². The van der Waals surface area contributed by atoms with Gasteiger partial charge in [0.25, 0.3) is 5.82 Å². The lowest BCUT2D eigenvalue weighted by molar-refractivity contribution is -0.692. The molecule has 6 nitrogen and oxygen atoms in total. The van der Waals surface area contributed by atoms with E-state index in [1.54, 1.807) is 0 Å². The maximum Gasteiger partial charge on any atom is 0.262 e. The Labute approximate surface area is 192 Å². The van der Waals surface area contributed by atoms with Crippen molar-refractivity contribution in [2.75, 3.05) is 26.4 Å². The van der Waals surface area contributed by atoms with E-state index in [2.05, 4.69) is 39.6 Å². The molecule has 6 rings (SSSR count). The van der Waals surface area contributed by atoms with Gasteiger partial charge in [-0.1, -0.05) is 0 Å². The summed E-state index contributed by atoms with van der Waals surface area (Å²) in [6.45, 7) is 3.43. The first-order valence-corrected chi connectivity index (χ1v) is 10.8. The summed E-state index contributed by atoms with van der Waals surface area (Å²) in [5.74, 6) is 4.62. The first-order valence-electron chi connectivity index (χ1n) is 10.8. The minimum absolute atomic E-state index is 0. The van der Waals surface area contributed by atoms with E-state index in [4.69, 9.17) is 18.9 Å². The van der Waals surface area contributed by atoms with Crippen molar-refractivity contribution in [1.29, 1.82) is 0 Å². The van der Waals surface area contributed by atoms with Crippen molar-refractivity contribution in [3.05, 3.63) is 48.4 Å². The van der Waals surface area contributed by atoms with Gasteiger partial charge in [0.05, 0.1) is 6.54 Å². The number of rotatable bonds is 2. The number of hydrogen-bond donors (Lipinski definition) is 0. The number of halogens is 1. The molecule has 0 atom stereocenters. The van der Waals surface area contributed by atoms with Crippen LogP contribution in [0.2, 0.25) is 0 Å². The van der Waals surface area contributed by atoms with Gasteiger partial charge in [0.2, 0.25) is 0 Å². The molecule has 0 N–H and O–H groups in total. The number of ether oxygens (including phenoxy) is 4. The third kappa shape index (κ3) is 3.65. The normalized spacial score (nSPS) is 16.6. The van der Waals surface area contributed by atoms with Gasteiger partial charge in [-0.05, 0) is 49.6 Å². The SMILES string of the molecule is [Br-].c1cc2c(cc1-c1cn(-c3ccc4c(c3)OCCO4)c3[n+]1CCCCC3)OCCO2. The molecule has 31 heavy (non-hydrogen) atoms. The third-order valence-electron chi connectivity index (χ3n) is 6.06. The molecule has 0 fully saturated rings. The van der Waals surface area contributed by atoms with Gasteiger partial charge < -0.3 is 35.9 Å². The Morgan fingerprint density at radius 3 is 2.16 bits per heavy atom. The van der Waals surface area contributed by atoms with Gasteiger partial charge in [0.15, 0.2) is 28.7 Å². The van der Waals surface area contributed by atoms with Crippen molar-refractivity contribution in [3.63, 3.8) is 0 Å². The van der Waals surface area contributed by atoms with Crippen molar-refractivity contribution < 1.29 is 40.5 Å².